The maximum absolute atomic E-state index is 11.8. The summed E-state index contributed by atoms with van der Waals surface area (Å²) in [4.78, 5) is 11.3. The number of nitrogens with two attached hydrogens (primary N) is 1. The van der Waals surface area contributed by atoms with Crippen LogP contribution in [0.3, 0.4) is 0 Å². The molecule has 9 heteroatoms. The highest BCUT2D eigenvalue weighted by atomic mass is 35.5. The van der Waals surface area contributed by atoms with E-state index in [1.165, 1.54) is 0 Å². The van der Waals surface area contributed by atoms with Crippen molar-refractivity contribution in [3.63, 3.8) is 0 Å². The summed E-state index contributed by atoms with van der Waals surface area (Å²) < 4.78 is 27.6. The lowest BCUT2D eigenvalue weighted by Gasteiger charge is -2.11. The average Bonchev–Trinajstić information content (AvgIpc) is 2.30. The van der Waals surface area contributed by atoms with Gasteiger partial charge in [0.1, 0.15) is 4.90 Å². The first-order chi connectivity index (χ1) is 8.70. The molecular weight excluding hydrogens is 337 g/mol. The minimum absolute atomic E-state index is 0.142. The monoisotopic (exact) mass is 345 g/mol. The van der Waals surface area contributed by atoms with Crippen LogP contribution in [-0.2, 0) is 14.8 Å². The molecule has 0 atom stereocenters. The normalized spacial score (nSPS) is 11.4. The molecule has 0 radical (unpaired) electrons. The Hall–Kier alpha value is -0.530. The van der Waals surface area contributed by atoms with Crippen molar-refractivity contribution in [2.45, 2.75) is 18.2 Å². The van der Waals surface area contributed by atoms with E-state index in [9.17, 15) is 13.2 Å². The standard InChI is InChI=1S/C10H10Cl3NO4S/c1-2-3-18-10(15)7-8(12)5(11)4-6(9(7)13)19(14,16)17/h4H,2-3H2,1H3,(H2,14,16,17). The number of carbonyl (C=O) groups is 1. The summed E-state index contributed by atoms with van der Waals surface area (Å²) in [5, 5.41) is 4.24. The van der Waals surface area contributed by atoms with Gasteiger partial charge < -0.3 is 4.74 Å². The molecule has 0 heterocycles. The highest BCUT2D eigenvalue weighted by molar-refractivity contribution is 7.89. The van der Waals surface area contributed by atoms with E-state index in [4.69, 9.17) is 44.7 Å². The molecule has 0 aliphatic carbocycles. The highest BCUT2D eigenvalue weighted by Gasteiger charge is 2.26. The Labute approximate surface area is 125 Å². The minimum atomic E-state index is -4.13. The van der Waals surface area contributed by atoms with Crippen molar-refractivity contribution < 1.29 is 17.9 Å². The fourth-order valence-corrected chi connectivity index (χ4v) is 2.96. The number of hydrogen-bond donors (Lipinski definition) is 1. The zero-order chi connectivity index (χ0) is 14.8. The van der Waals surface area contributed by atoms with Gasteiger partial charge in [-0.15, -0.1) is 0 Å². The van der Waals surface area contributed by atoms with Gasteiger partial charge in [-0.3, -0.25) is 0 Å². The fourth-order valence-electron chi connectivity index (χ4n) is 1.23. The topological polar surface area (TPSA) is 86.5 Å². The molecule has 0 aliphatic rings. The lowest BCUT2D eigenvalue weighted by Crippen LogP contribution is -2.16. The van der Waals surface area contributed by atoms with Gasteiger partial charge in [-0.05, 0) is 12.5 Å². The third-order valence-corrected chi connectivity index (χ3v) is 4.30. The SMILES string of the molecule is CCCOC(=O)c1c(Cl)c(Cl)cc(S(N)(=O)=O)c1Cl. The molecule has 0 saturated carbocycles. The highest BCUT2D eigenvalue weighted by Crippen LogP contribution is 2.36. The van der Waals surface area contributed by atoms with Gasteiger partial charge in [0.25, 0.3) is 0 Å². The van der Waals surface area contributed by atoms with Gasteiger partial charge in [0.2, 0.25) is 10.0 Å². The van der Waals surface area contributed by atoms with Crippen LogP contribution in [0.25, 0.3) is 0 Å². The third-order valence-electron chi connectivity index (χ3n) is 2.07. The number of hydrogen-bond acceptors (Lipinski definition) is 4. The maximum atomic E-state index is 11.8. The molecule has 0 spiro atoms. The van der Waals surface area contributed by atoms with E-state index in [2.05, 4.69) is 0 Å². The zero-order valence-electron chi connectivity index (χ0n) is 9.74. The van der Waals surface area contributed by atoms with Gasteiger partial charge >= 0.3 is 5.97 Å². The summed E-state index contributed by atoms with van der Waals surface area (Å²) >= 11 is 17.4. The van der Waals surface area contributed by atoms with Crippen LogP contribution in [-0.4, -0.2) is 21.0 Å². The second kappa shape index (κ2) is 6.28. The molecule has 0 fully saturated rings. The van der Waals surface area contributed by atoms with Crippen LogP contribution in [0.5, 0.6) is 0 Å². The molecular formula is C10H10Cl3NO4S. The van der Waals surface area contributed by atoms with E-state index in [0.717, 1.165) is 6.07 Å². The van der Waals surface area contributed by atoms with E-state index in [1.807, 2.05) is 0 Å². The van der Waals surface area contributed by atoms with Crippen LogP contribution >= 0.6 is 34.8 Å². The molecule has 0 saturated heterocycles. The van der Waals surface area contributed by atoms with Crippen molar-refractivity contribution in [2.24, 2.45) is 5.14 Å². The van der Waals surface area contributed by atoms with E-state index in [-0.39, 0.29) is 22.2 Å². The van der Waals surface area contributed by atoms with Crippen molar-refractivity contribution in [2.75, 3.05) is 6.61 Å². The summed E-state index contributed by atoms with van der Waals surface area (Å²) in [7, 11) is -4.13. The van der Waals surface area contributed by atoms with E-state index >= 15 is 0 Å². The molecule has 0 bridgehead atoms. The Kier molecular flexibility index (Phi) is 5.46. The molecule has 0 aliphatic heterocycles. The number of carbonyl (C=O) groups excluding carboxylic acids is 1. The molecule has 106 valence electrons. The number of halogens is 3. The Balaban J connectivity index is 3.47. The molecule has 2 N–H and O–H groups in total. The Bertz CT molecular complexity index is 616. The predicted molar refractivity (Wildman–Crippen MR) is 73.4 cm³/mol. The van der Waals surface area contributed by atoms with E-state index < -0.39 is 25.9 Å². The number of benzene rings is 1. The van der Waals surface area contributed by atoms with Gasteiger partial charge in [0.15, 0.2) is 0 Å². The fraction of sp³-hybridized carbons (Fsp3) is 0.300. The molecule has 0 unspecified atom stereocenters. The van der Waals surface area contributed by atoms with Gasteiger partial charge in [0.05, 0.1) is 27.2 Å². The van der Waals surface area contributed by atoms with Crippen molar-refractivity contribution in [3.05, 3.63) is 26.7 Å². The van der Waals surface area contributed by atoms with Crippen LogP contribution < -0.4 is 5.14 Å². The lowest BCUT2D eigenvalue weighted by molar-refractivity contribution is 0.0505. The summed E-state index contributed by atoms with van der Waals surface area (Å²) in [5.74, 6) is -0.857. The molecule has 19 heavy (non-hydrogen) atoms. The zero-order valence-corrected chi connectivity index (χ0v) is 12.8. The van der Waals surface area contributed by atoms with Crippen LogP contribution in [0.2, 0.25) is 15.1 Å². The average molecular weight is 347 g/mol. The summed E-state index contributed by atoms with van der Waals surface area (Å²) in [5.41, 5.74) is -0.312. The number of sulfonamides is 1. The van der Waals surface area contributed by atoms with Crippen LogP contribution in [0.1, 0.15) is 23.7 Å². The van der Waals surface area contributed by atoms with Gasteiger partial charge in [-0.1, -0.05) is 41.7 Å². The number of primary sulfonamides is 1. The largest absolute Gasteiger partial charge is 0.462 e. The molecule has 0 aromatic heterocycles. The minimum Gasteiger partial charge on any atom is -0.462 e. The maximum Gasteiger partial charge on any atom is 0.341 e. The van der Waals surface area contributed by atoms with Crippen LogP contribution in [0, 0.1) is 0 Å². The Morgan fingerprint density at radius 2 is 1.89 bits per heavy atom. The van der Waals surface area contributed by atoms with Crippen molar-refractivity contribution >= 4 is 50.8 Å². The van der Waals surface area contributed by atoms with Crippen LogP contribution in [0.15, 0.2) is 11.0 Å². The second-order valence-corrected chi connectivity index (χ2v) is 6.23. The molecule has 1 aromatic rings. The van der Waals surface area contributed by atoms with Crippen molar-refractivity contribution in [1.82, 2.24) is 0 Å². The summed E-state index contributed by atoms with van der Waals surface area (Å²) in [6.45, 7) is 1.94. The number of rotatable bonds is 4. The number of ether oxygens (including phenoxy) is 1. The quantitative estimate of drug-likeness (QED) is 0.671. The first-order valence-corrected chi connectivity index (χ1v) is 7.75. The summed E-state index contributed by atoms with van der Waals surface area (Å²) in [6, 6.07) is 0.984. The van der Waals surface area contributed by atoms with Crippen molar-refractivity contribution in [1.29, 1.82) is 0 Å². The Morgan fingerprint density at radius 1 is 1.32 bits per heavy atom. The lowest BCUT2D eigenvalue weighted by atomic mass is 10.2. The third kappa shape index (κ3) is 3.73. The molecule has 5 nitrogen and oxygen atoms in total. The first kappa shape index (κ1) is 16.5. The van der Waals surface area contributed by atoms with E-state index in [0.29, 0.717) is 6.42 Å². The smallest absolute Gasteiger partial charge is 0.341 e. The molecule has 0 amide bonds. The first-order valence-electron chi connectivity index (χ1n) is 5.07. The number of esters is 1. The molecule has 1 aromatic carbocycles. The van der Waals surface area contributed by atoms with Crippen LogP contribution in [0.4, 0.5) is 0 Å². The molecule has 1 rings (SSSR count). The Morgan fingerprint density at radius 3 is 2.37 bits per heavy atom. The van der Waals surface area contributed by atoms with Gasteiger partial charge in [-0.2, -0.15) is 0 Å². The van der Waals surface area contributed by atoms with Gasteiger partial charge in [0, 0.05) is 0 Å². The predicted octanol–water partition coefficient (Wildman–Crippen LogP) is 2.86. The second-order valence-electron chi connectivity index (χ2n) is 3.54. The summed E-state index contributed by atoms with van der Waals surface area (Å²) in [6.07, 6.45) is 0.587. The van der Waals surface area contributed by atoms with Crippen molar-refractivity contribution in [3.8, 4) is 0 Å². The van der Waals surface area contributed by atoms with E-state index in [1.54, 1.807) is 6.92 Å². The van der Waals surface area contributed by atoms with Gasteiger partial charge in [-0.25, -0.2) is 18.4 Å².